The van der Waals surface area contributed by atoms with Crippen molar-refractivity contribution in [2.75, 3.05) is 6.61 Å². The normalized spacial score (nSPS) is 12.4. The molecule has 1 atom stereocenters. The summed E-state index contributed by atoms with van der Waals surface area (Å²) in [5.74, 6) is 1.89. The van der Waals surface area contributed by atoms with Gasteiger partial charge in [0.05, 0.1) is 6.61 Å². The molecule has 0 radical (unpaired) electrons. The molecule has 0 amide bonds. The van der Waals surface area contributed by atoms with E-state index in [9.17, 15) is 5.11 Å². The van der Waals surface area contributed by atoms with Crippen LogP contribution in [-0.2, 0) is 0 Å². The van der Waals surface area contributed by atoms with Crippen LogP contribution in [0.25, 0.3) is 0 Å². The van der Waals surface area contributed by atoms with Gasteiger partial charge in [0.1, 0.15) is 11.5 Å². The number of hydrogen-bond acceptors (Lipinski definition) is 2. The Morgan fingerprint density at radius 3 is 2.50 bits per heavy atom. The second kappa shape index (κ2) is 7.30. The van der Waals surface area contributed by atoms with Crippen LogP contribution in [0.5, 0.6) is 11.5 Å². The van der Waals surface area contributed by atoms with E-state index >= 15 is 0 Å². The topological polar surface area (TPSA) is 29.5 Å². The first-order valence-electron chi connectivity index (χ1n) is 7.01. The van der Waals surface area contributed by atoms with Crippen molar-refractivity contribution in [1.29, 1.82) is 0 Å². The molecule has 0 bridgehead atoms. The summed E-state index contributed by atoms with van der Waals surface area (Å²) in [5, 5.41) is 9.61. The standard InChI is InChI=1S/C16H26O2/c1-5-7-8-14(6-2)11-18-16-10-12(3)15(17)9-13(16)4/h9-10,14,17H,5-8,11H2,1-4H3. The van der Waals surface area contributed by atoms with E-state index in [0.717, 1.165) is 29.9 Å². The minimum absolute atomic E-state index is 0.345. The minimum Gasteiger partial charge on any atom is -0.508 e. The average Bonchev–Trinajstić information content (AvgIpc) is 2.35. The summed E-state index contributed by atoms with van der Waals surface area (Å²) in [5.41, 5.74) is 1.88. The fourth-order valence-corrected chi connectivity index (χ4v) is 2.04. The molecule has 1 rings (SSSR count). The molecule has 0 aromatic heterocycles. The molecule has 1 aromatic carbocycles. The van der Waals surface area contributed by atoms with Crippen molar-refractivity contribution < 1.29 is 9.84 Å². The van der Waals surface area contributed by atoms with E-state index in [1.807, 2.05) is 19.9 Å². The van der Waals surface area contributed by atoms with Crippen LogP contribution in [0, 0.1) is 19.8 Å². The van der Waals surface area contributed by atoms with Gasteiger partial charge in [-0.05, 0) is 49.4 Å². The molecule has 0 aliphatic carbocycles. The first kappa shape index (κ1) is 14.9. The van der Waals surface area contributed by atoms with Gasteiger partial charge in [-0.3, -0.25) is 0 Å². The zero-order valence-electron chi connectivity index (χ0n) is 12.1. The van der Waals surface area contributed by atoms with Crippen molar-refractivity contribution in [2.24, 2.45) is 5.92 Å². The van der Waals surface area contributed by atoms with Crippen molar-refractivity contribution >= 4 is 0 Å². The lowest BCUT2D eigenvalue weighted by atomic mass is 10.0. The molecule has 0 heterocycles. The molecule has 0 aliphatic rings. The number of aromatic hydroxyl groups is 1. The molecule has 0 saturated carbocycles. The molecule has 0 saturated heterocycles. The summed E-state index contributed by atoms with van der Waals surface area (Å²) in [4.78, 5) is 0. The van der Waals surface area contributed by atoms with E-state index in [2.05, 4.69) is 13.8 Å². The Morgan fingerprint density at radius 1 is 1.17 bits per heavy atom. The van der Waals surface area contributed by atoms with Gasteiger partial charge < -0.3 is 9.84 Å². The molecule has 0 spiro atoms. The molecule has 0 fully saturated rings. The molecule has 1 unspecified atom stereocenters. The molecule has 0 aliphatic heterocycles. The van der Waals surface area contributed by atoms with Crippen LogP contribution in [0.15, 0.2) is 12.1 Å². The van der Waals surface area contributed by atoms with Crippen molar-refractivity contribution in [3.05, 3.63) is 23.3 Å². The molecule has 18 heavy (non-hydrogen) atoms. The highest BCUT2D eigenvalue weighted by molar-refractivity contribution is 5.44. The molecule has 102 valence electrons. The fourth-order valence-electron chi connectivity index (χ4n) is 2.04. The van der Waals surface area contributed by atoms with Crippen LogP contribution >= 0.6 is 0 Å². The number of ether oxygens (including phenoxy) is 1. The first-order valence-corrected chi connectivity index (χ1v) is 7.01. The SMILES string of the molecule is CCCCC(CC)COc1cc(C)c(O)cc1C. The van der Waals surface area contributed by atoms with E-state index in [-0.39, 0.29) is 0 Å². The molecule has 1 N–H and O–H groups in total. The number of phenols is 1. The zero-order chi connectivity index (χ0) is 13.5. The fraction of sp³-hybridized carbons (Fsp3) is 0.625. The Bertz CT molecular complexity index is 372. The minimum atomic E-state index is 0.345. The van der Waals surface area contributed by atoms with Crippen LogP contribution < -0.4 is 4.74 Å². The Balaban J connectivity index is 2.59. The molecule has 2 heteroatoms. The third-order valence-electron chi connectivity index (χ3n) is 3.51. The van der Waals surface area contributed by atoms with Gasteiger partial charge >= 0.3 is 0 Å². The van der Waals surface area contributed by atoms with Crippen molar-refractivity contribution in [1.82, 2.24) is 0 Å². The van der Waals surface area contributed by atoms with Crippen LogP contribution in [0.2, 0.25) is 0 Å². The maximum atomic E-state index is 9.61. The number of phenolic OH excluding ortho intramolecular Hbond substituents is 1. The third kappa shape index (κ3) is 4.25. The highest BCUT2D eigenvalue weighted by Crippen LogP contribution is 2.27. The summed E-state index contributed by atoms with van der Waals surface area (Å²) in [6.45, 7) is 9.10. The summed E-state index contributed by atoms with van der Waals surface area (Å²) < 4.78 is 5.91. The Morgan fingerprint density at radius 2 is 1.89 bits per heavy atom. The number of rotatable bonds is 7. The largest absolute Gasteiger partial charge is 0.508 e. The van der Waals surface area contributed by atoms with Crippen LogP contribution in [-0.4, -0.2) is 11.7 Å². The number of unbranched alkanes of at least 4 members (excludes halogenated alkanes) is 1. The van der Waals surface area contributed by atoms with Gasteiger partial charge in [0.25, 0.3) is 0 Å². The summed E-state index contributed by atoms with van der Waals surface area (Å²) >= 11 is 0. The van der Waals surface area contributed by atoms with Crippen molar-refractivity contribution in [3.8, 4) is 11.5 Å². The van der Waals surface area contributed by atoms with Crippen LogP contribution in [0.1, 0.15) is 50.7 Å². The third-order valence-corrected chi connectivity index (χ3v) is 3.51. The van der Waals surface area contributed by atoms with E-state index < -0.39 is 0 Å². The summed E-state index contributed by atoms with van der Waals surface area (Å²) in [6.07, 6.45) is 4.92. The second-order valence-corrected chi connectivity index (χ2v) is 5.13. The quantitative estimate of drug-likeness (QED) is 0.766. The molecule has 2 nitrogen and oxygen atoms in total. The molecular weight excluding hydrogens is 224 g/mol. The van der Waals surface area contributed by atoms with Gasteiger partial charge in [0, 0.05) is 0 Å². The number of benzene rings is 1. The van der Waals surface area contributed by atoms with Crippen molar-refractivity contribution in [2.45, 2.75) is 53.4 Å². The van der Waals surface area contributed by atoms with E-state index in [1.54, 1.807) is 6.07 Å². The smallest absolute Gasteiger partial charge is 0.122 e. The highest BCUT2D eigenvalue weighted by Gasteiger charge is 2.09. The lowest BCUT2D eigenvalue weighted by molar-refractivity contribution is 0.232. The lowest BCUT2D eigenvalue weighted by Crippen LogP contribution is -2.11. The van der Waals surface area contributed by atoms with Gasteiger partial charge in [-0.15, -0.1) is 0 Å². The van der Waals surface area contributed by atoms with E-state index in [4.69, 9.17) is 4.74 Å². The highest BCUT2D eigenvalue weighted by atomic mass is 16.5. The van der Waals surface area contributed by atoms with Gasteiger partial charge in [0.15, 0.2) is 0 Å². The van der Waals surface area contributed by atoms with Crippen molar-refractivity contribution in [3.63, 3.8) is 0 Å². The Labute approximate surface area is 111 Å². The van der Waals surface area contributed by atoms with E-state index in [1.165, 1.54) is 19.3 Å². The van der Waals surface area contributed by atoms with Gasteiger partial charge in [-0.25, -0.2) is 0 Å². The van der Waals surface area contributed by atoms with Crippen LogP contribution in [0.3, 0.4) is 0 Å². The predicted octanol–water partition coefficient (Wildman–Crippen LogP) is 4.60. The molecular formula is C16H26O2. The average molecular weight is 250 g/mol. The van der Waals surface area contributed by atoms with Gasteiger partial charge in [0.2, 0.25) is 0 Å². The number of hydrogen-bond donors (Lipinski definition) is 1. The monoisotopic (exact) mass is 250 g/mol. The van der Waals surface area contributed by atoms with E-state index in [0.29, 0.717) is 11.7 Å². The maximum Gasteiger partial charge on any atom is 0.122 e. The Kier molecular flexibility index (Phi) is 6.03. The first-order chi connectivity index (χ1) is 8.58. The summed E-state index contributed by atoms with van der Waals surface area (Å²) in [6, 6.07) is 3.70. The maximum absolute atomic E-state index is 9.61. The predicted molar refractivity (Wildman–Crippen MR) is 76.4 cm³/mol. The van der Waals surface area contributed by atoms with Gasteiger partial charge in [-0.1, -0.05) is 33.1 Å². The Hall–Kier alpha value is -1.18. The summed E-state index contributed by atoms with van der Waals surface area (Å²) in [7, 11) is 0. The van der Waals surface area contributed by atoms with Gasteiger partial charge in [-0.2, -0.15) is 0 Å². The zero-order valence-corrected chi connectivity index (χ0v) is 12.1. The lowest BCUT2D eigenvalue weighted by Gasteiger charge is -2.17. The van der Waals surface area contributed by atoms with Crippen LogP contribution in [0.4, 0.5) is 0 Å². The molecule has 1 aromatic rings. The second-order valence-electron chi connectivity index (χ2n) is 5.13. The number of aryl methyl sites for hydroxylation is 2.